The molecule has 0 radical (unpaired) electrons. The second-order valence-corrected chi connectivity index (χ2v) is 6.12. The van der Waals surface area contributed by atoms with E-state index in [0.717, 1.165) is 31.0 Å². The van der Waals surface area contributed by atoms with Gasteiger partial charge < -0.3 is 15.8 Å². The zero-order valence-electron chi connectivity index (χ0n) is 10.0. The van der Waals surface area contributed by atoms with Crippen LogP contribution in [0.2, 0.25) is 5.02 Å². The van der Waals surface area contributed by atoms with Gasteiger partial charge in [0.25, 0.3) is 0 Å². The molecule has 0 aromatic carbocycles. The molecule has 0 aliphatic carbocycles. The summed E-state index contributed by atoms with van der Waals surface area (Å²) in [6.07, 6.45) is 2.26. The van der Waals surface area contributed by atoms with Crippen LogP contribution in [0.1, 0.15) is 30.7 Å². The molecule has 0 amide bonds. The van der Waals surface area contributed by atoms with Crippen molar-refractivity contribution in [3.05, 3.63) is 21.3 Å². The Morgan fingerprint density at radius 3 is 3.06 bits per heavy atom. The summed E-state index contributed by atoms with van der Waals surface area (Å²) in [4.78, 5) is 1.19. The molecule has 1 saturated heterocycles. The van der Waals surface area contributed by atoms with Crippen molar-refractivity contribution in [1.82, 2.24) is 5.32 Å². The third-order valence-corrected chi connectivity index (χ3v) is 4.58. The van der Waals surface area contributed by atoms with Crippen molar-refractivity contribution in [3.63, 3.8) is 0 Å². The Morgan fingerprint density at radius 2 is 2.53 bits per heavy atom. The lowest BCUT2D eigenvalue weighted by molar-refractivity contribution is 0.0190. The lowest BCUT2D eigenvalue weighted by Crippen LogP contribution is -2.40. The minimum Gasteiger partial charge on any atom is -0.374 e. The van der Waals surface area contributed by atoms with Gasteiger partial charge >= 0.3 is 0 Å². The first-order valence-electron chi connectivity index (χ1n) is 5.94. The Bertz CT molecular complexity index is 363. The number of halogens is 1. The van der Waals surface area contributed by atoms with E-state index in [1.54, 1.807) is 11.3 Å². The van der Waals surface area contributed by atoms with Crippen molar-refractivity contribution in [2.24, 2.45) is 5.73 Å². The van der Waals surface area contributed by atoms with Crippen LogP contribution in [-0.4, -0.2) is 25.3 Å². The Hall–Kier alpha value is -0.130. The molecular weight excluding hydrogens is 256 g/mol. The predicted octanol–water partition coefficient (Wildman–Crippen LogP) is 2.56. The number of hydrogen-bond acceptors (Lipinski definition) is 4. The summed E-state index contributed by atoms with van der Waals surface area (Å²) in [6, 6.07) is 2.16. The van der Waals surface area contributed by atoms with Crippen LogP contribution < -0.4 is 11.1 Å². The fourth-order valence-corrected chi connectivity index (χ4v) is 3.30. The Morgan fingerprint density at radius 1 is 1.71 bits per heavy atom. The fraction of sp³-hybridized carbons (Fsp3) is 0.667. The molecule has 5 heteroatoms. The average Bonchev–Trinajstić information content (AvgIpc) is 2.90. The van der Waals surface area contributed by atoms with Crippen LogP contribution in [0.3, 0.4) is 0 Å². The quantitative estimate of drug-likeness (QED) is 0.868. The molecule has 96 valence electrons. The van der Waals surface area contributed by atoms with Gasteiger partial charge in [0.15, 0.2) is 0 Å². The number of nitrogens with two attached hydrogens (primary N) is 1. The highest BCUT2D eigenvalue weighted by Crippen LogP contribution is 2.27. The van der Waals surface area contributed by atoms with Gasteiger partial charge in [-0.3, -0.25) is 0 Å². The second-order valence-electron chi connectivity index (χ2n) is 4.74. The molecule has 2 atom stereocenters. The highest BCUT2D eigenvalue weighted by molar-refractivity contribution is 7.10. The third kappa shape index (κ3) is 3.42. The van der Waals surface area contributed by atoms with E-state index in [4.69, 9.17) is 22.1 Å². The molecule has 0 spiro atoms. The Balaban J connectivity index is 1.91. The van der Waals surface area contributed by atoms with Crippen molar-refractivity contribution < 1.29 is 4.74 Å². The second kappa shape index (κ2) is 5.67. The van der Waals surface area contributed by atoms with E-state index in [2.05, 4.69) is 12.2 Å². The largest absolute Gasteiger partial charge is 0.374 e. The van der Waals surface area contributed by atoms with Crippen LogP contribution in [0.5, 0.6) is 0 Å². The number of ether oxygens (including phenoxy) is 1. The van der Waals surface area contributed by atoms with Crippen LogP contribution >= 0.6 is 22.9 Å². The predicted molar refractivity (Wildman–Crippen MR) is 72.7 cm³/mol. The third-order valence-electron chi connectivity index (χ3n) is 3.19. The van der Waals surface area contributed by atoms with Crippen molar-refractivity contribution in [2.75, 3.05) is 19.7 Å². The van der Waals surface area contributed by atoms with E-state index in [9.17, 15) is 0 Å². The standard InChI is InChI=1S/C12H19ClN2OS/c1-12(3-2-4-16-12)8-15-10(6-14)11-5-9(13)7-17-11/h5,7,10,15H,2-4,6,8,14H2,1H3. The zero-order chi connectivity index (χ0) is 12.3. The topological polar surface area (TPSA) is 47.3 Å². The SMILES string of the molecule is CC1(CNC(CN)c2cc(Cl)cs2)CCCO1. The Kier molecular flexibility index (Phi) is 4.44. The first-order chi connectivity index (χ1) is 8.13. The van der Waals surface area contributed by atoms with E-state index in [-0.39, 0.29) is 11.6 Å². The zero-order valence-corrected chi connectivity index (χ0v) is 11.6. The summed E-state index contributed by atoms with van der Waals surface area (Å²) < 4.78 is 5.75. The van der Waals surface area contributed by atoms with Crippen molar-refractivity contribution in [1.29, 1.82) is 0 Å². The molecule has 0 saturated carbocycles. The van der Waals surface area contributed by atoms with Gasteiger partial charge in [0, 0.05) is 30.0 Å². The number of thiophene rings is 1. The van der Waals surface area contributed by atoms with E-state index >= 15 is 0 Å². The van der Waals surface area contributed by atoms with Crippen molar-refractivity contribution in [3.8, 4) is 0 Å². The van der Waals surface area contributed by atoms with Gasteiger partial charge in [-0.25, -0.2) is 0 Å². The molecule has 17 heavy (non-hydrogen) atoms. The summed E-state index contributed by atoms with van der Waals surface area (Å²) in [5.74, 6) is 0. The van der Waals surface area contributed by atoms with Gasteiger partial charge in [-0.15, -0.1) is 11.3 Å². The van der Waals surface area contributed by atoms with Crippen LogP contribution in [0.4, 0.5) is 0 Å². The van der Waals surface area contributed by atoms with Gasteiger partial charge in [0.1, 0.15) is 0 Å². The highest BCUT2D eigenvalue weighted by atomic mass is 35.5. The molecule has 3 nitrogen and oxygen atoms in total. The van der Waals surface area contributed by atoms with Gasteiger partial charge in [0.2, 0.25) is 0 Å². The van der Waals surface area contributed by atoms with Gasteiger partial charge in [-0.05, 0) is 25.8 Å². The van der Waals surface area contributed by atoms with Crippen LogP contribution in [0, 0.1) is 0 Å². The van der Waals surface area contributed by atoms with Crippen LogP contribution in [0.25, 0.3) is 0 Å². The fourth-order valence-electron chi connectivity index (χ4n) is 2.13. The number of nitrogens with one attached hydrogen (secondary N) is 1. The minimum atomic E-state index is -0.0333. The molecule has 2 rings (SSSR count). The summed E-state index contributed by atoms with van der Waals surface area (Å²) in [5, 5.41) is 6.21. The van der Waals surface area contributed by atoms with Gasteiger partial charge in [0.05, 0.1) is 16.7 Å². The van der Waals surface area contributed by atoms with E-state index < -0.39 is 0 Å². The first-order valence-corrected chi connectivity index (χ1v) is 7.20. The molecule has 2 heterocycles. The van der Waals surface area contributed by atoms with Crippen molar-refractivity contribution in [2.45, 2.75) is 31.4 Å². The normalized spacial score (nSPS) is 26.3. The summed E-state index contributed by atoms with van der Waals surface area (Å²) in [6.45, 7) is 4.44. The lowest BCUT2D eigenvalue weighted by Gasteiger charge is -2.26. The maximum atomic E-state index is 5.93. The molecule has 0 bridgehead atoms. The number of rotatable bonds is 5. The molecule has 1 aliphatic rings. The summed E-state index contributed by atoms with van der Waals surface area (Å²) >= 11 is 7.58. The monoisotopic (exact) mass is 274 g/mol. The highest BCUT2D eigenvalue weighted by Gasteiger charge is 2.30. The maximum Gasteiger partial charge on any atom is 0.0779 e. The molecular formula is C12H19ClN2OS. The molecule has 1 fully saturated rings. The molecule has 1 aromatic heterocycles. The summed E-state index contributed by atoms with van der Waals surface area (Å²) in [7, 11) is 0. The van der Waals surface area contributed by atoms with E-state index in [1.807, 2.05) is 11.4 Å². The van der Waals surface area contributed by atoms with Gasteiger partial charge in [-0.1, -0.05) is 11.6 Å². The van der Waals surface area contributed by atoms with Crippen LogP contribution in [0.15, 0.2) is 11.4 Å². The maximum absolute atomic E-state index is 5.93. The first kappa shape index (κ1) is 13.3. The number of hydrogen-bond donors (Lipinski definition) is 2. The molecule has 3 N–H and O–H groups in total. The lowest BCUT2D eigenvalue weighted by atomic mass is 10.0. The summed E-state index contributed by atoms with van der Waals surface area (Å²) in [5.41, 5.74) is 5.77. The van der Waals surface area contributed by atoms with Gasteiger partial charge in [-0.2, -0.15) is 0 Å². The molecule has 2 unspecified atom stereocenters. The Labute approximate surface area is 111 Å². The van der Waals surface area contributed by atoms with Crippen molar-refractivity contribution >= 4 is 22.9 Å². The minimum absolute atomic E-state index is 0.0333. The van der Waals surface area contributed by atoms with E-state index in [1.165, 1.54) is 4.88 Å². The molecule has 1 aromatic rings. The van der Waals surface area contributed by atoms with Crippen LogP contribution in [-0.2, 0) is 4.74 Å². The molecule has 1 aliphatic heterocycles. The average molecular weight is 275 g/mol. The smallest absolute Gasteiger partial charge is 0.0779 e. The van der Waals surface area contributed by atoms with E-state index in [0.29, 0.717) is 6.54 Å².